The van der Waals surface area contributed by atoms with Gasteiger partial charge in [0.05, 0.1) is 17.5 Å². The third kappa shape index (κ3) is 6.77. The molecule has 0 bridgehead atoms. The maximum Gasteiger partial charge on any atom is 0.286 e. The molecule has 2 N–H and O–H groups in total. The fraction of sp³-hybridized carbons (Fsp3) is 0.545. The van der Waals surface area contributed by atoms with Crippen molar-refractivity contribution in [2.75, 3.05) is 6.26 Å². The van der Waals surface area contributed by atoms with Gasteiger partial charge in [0.15, 0.2) is 0 Å². The van der Waals surface area contributed by atoms with Gasteiger partial charge < -0.3 is 15.1 Å². The summed E-state index contributed by atoms with van der Waals surface area (Å²) >= 11 is 7.04. The highest BCUT2D eigenvalue weighted by molar-refractivity contribution is 7.98. The zero-order chi connectivity index (χ0) is 24.0. The van der Waals surface area contributed by atoms with E-state index in [-0.39, 0.29) is 29.7 Å². The van der Waals surface area contributed by atoms with Gasteiger partial charge in [0, 0.05) is 12.2 Å². The Balaban J connectivity index is 1.71. The Morgan fingerprint density at radius 3 is 2.61 bits per heavy atom. The molecule has 1 saturated carbocycles. The molecule has 1 fully saturated rings. The normalized spacial score (nSPS) is 19.2. The summed E-state index contributed by atoms with van der Waals surface area (Å²) in [7, 11) is 0. The molecule has 11 heteroatoms. The molecule has 0 saturated heterocycles. The predicted molar refractivity (Wildman–Crippen MR) is 124 cm³/mol. The van der Waals surface area contributed by atoms with Gasteiger partial charge in [-0.25, -0.2) is 4.98 Å². The van der Waals surface area contributed by atoms with Crippen LogP contribution >= 0.6 is 23.4 Å². The average molecular weight is 494 g/mol. The molecule has 178 valence electrons. The zero-order valence-corrected chi connectivity index (χ0v) is 20.4. The number of nitrogens with zero attached hydrogens (tertiary/aromatic N) is 3. The van der Waals surface area contributed by atoms with E-state index in [0.717, 1.165) is 12.8 Å². The van der Waals surface area contributed by atoms with Crippen LogP contribution in [0.1, 0.15) is 67.0 Å². The maximum atomic E-state index is 13.2. The monoisotopic (exact) mass is 493 g/mol. The number of hydrogen-bond acceptors (Lipinski definition) is 8. The van der Waals surface area contributed by atoms with Gasteiger partial charge in [0.1, 0.15) is 5.15 Å². The Morgan fingerprint density at radius 1 is 1.21 bits per heavy atom. The number of hydrogen-bond donors (Lipinski definition) is 2. The third-order valence-corrected chi connectivity index (χ3v) is 6.28. The first-order chi connectivity index (χ1) is 15.8. The van der Waals surface area contributed by atoms with E-state index in [4.69, 9.17) is 16.0 Å². The highest BCUT2D eigenvalue weighted by atomic mass is 35.5. The molecule has 2 amide bonds. The molecule has 2 aromatic rings. The van der Waals surface area contributed by atoms with Gasteiger partial charge >= 0.3 is 0 Å². The van der Waals surface area contributed by atoms with Crippen LogP contribution in [0.3, 0.4) is 0 Å². The van der Waals surface area contributed by atoms with Crippen LogP contribution in [-0.2, 0) is 4.79 Å². The van der Waals surface area contributed by atoms with Crippen LogP contribution in [0.25, 0.3) is 0 Å². The first-order valence-corrected chi connectivity index (χ1v) is 12.5. The lowest BCUT2D eigenvalue weighted by Crippen LogP contribution is -2.52. The van der Waals surface area contributed by atoms with E-state index in [1.54, 1.807) is 18.4 Å². The van der Waals surface area contributed by atoms with Gasteiger partial charge in [0.2, 0.25) is 11.7 Å². The molecule has 2 aromatic heterocycles. The first kappa shape index (κ1) is 25.2. The summed E-state index contributed by atoms with van der Waals surface area (Å²) in [6.07, 6.45) is 6.68. The van der Waals surface area contributed by atoms with Gasteiger partial charge in [-0.1, -0.05) is 50.1 Å². The van der Waals surface area contributed by atoms with Gasteiger partial charge in [-0.15, -0.1) is 10.2 Å². The standard InChI is InChI=1S/C22H28ClN5O4S/c1-12(2)10-16(18(29)21-27-28-22(32-21)33-3)26-20(31)14-6-4-5-7-15(14)25-19(30)13-8-9-17(23)24-11-13/h8-9,11-12,14-16H,4-7,10H2,1-3H3,(H,25,30)(H,26,31)/t14-,15+,16+/m1/s1. The van der Waals surface area contributed by atoms with Crippen molar-refractivity contribution in [3.8, 4) is 0 Å². The molecule has 9 nitrogen and oxygen atoms in total. The number of Topliss-reactive ketones (excluding diaryl/α,β-unsaturated/α-hetero) is 1. The third-order valence-electron chi connectivity index (χ3n) is 5.54. The van der Waals surface area contributed by atoms with Crippen molar-refractivity contribution < 1.29 is 18.8 Å². The number of ketones is 1. The number of pyridine rings is 1. The van der Waals surface area contributed by atoms with Crippen molar-refractivity contribution in [1.82, 2.24) is 25.8 Å². The van der Waals surface area contributed by atoms with Gasteiger partial charge in [-0.05, 0) is 43.6 Å². The van der Waals surface area contributed by atoms with Crippen LogP contribution < -0.4 is 10.6 Å². The van der Waals surface area contributed by atoms with Crippen LogP contribution in [0.15, 0.2) is 28.0 Å². The predicted octanol–water partition coefficient (Wildman–Crippen LogP) is 3.54. The van der Waals surface area contributed by atoms with E-state index in [1.165, 1.54) is 18.0 Å². The molecule has 33 heavy (non-hydrogen) atoms. The highest BCUT2D eigenvalue weighted by Crippen LogP contribution is 2.26. The summed E-state index contributed by atoms with van der Waals surface area (Å²) < 4.78 is 5.38. The molecule has 2 heterocycles. The molecule has 0 radical (unpaired) electrons. The van der Waals surface area contributed by atoms with Crippen LogP contribution in [-0.4, -0.2) is 51.1 Å². The van der Waals surface area contributed by atoms with Gasteiger partial charge in [0.25, 0.3) is 17.0 Å². The van der Waals surface area contributed by atoms with Crippen molar-refractivity contribution in [1.29, 1.82) is 0 Å². The summed E-state index contributed by atoms with van der Waals surface area (Å²) in [6, 6.07) is 2.01. The molecule has 0 aliphatic heterocycles. The minimum absolute atomic E-state index is 0.117. The summed E-state index contributed by atoms with van der Waals surface area (Å²) in [5.41, 5.74) is 0.373. The fourth-order valence-electron chi connectivity index (χ4n) is 3.90. The van der Waals surface area contributed by atoms with E-state index in [9.17, 15) is 14.4 Å². The second-order valence-electron chi connectivity index (χ2n) is 8.47. The molecule has 1 aliphatic carbocycles. The Kier molecular flexibility index (Phi) is 8.85. The number of aromatic nitrogens is 3. The van der Waals surface area contributed by atoms with E-state index in [1.807, 2.05) is 13.8 Å². The summed E-state index contributed by atoms with van der Waals surface area (Å²) in [4.78, 5) is 42.8. The Hall–Kier alpha value is -2.46. The molecular formula is C22H28ClN5O4S. The zero-order valence-electron chi connectivity index (χ0n) is 18.8. The first-order valence-electron chi connectivity index (χ1n) is 10.9. The quantitative estimate of drug-likeness (QED) is 0.308. The second-order valence-corrected chi connectivity index (χ2v) is 9.62. The number of amides is 2. The van der Waals surface area contributed by atoms with Crippen LogP contribution in [0.4, 0.5) is 0 Å². The van der Waals surface area contributed by atoms with E-state index in [2.05, 4.69) is 25.8 Å². The Labute approximate surface area is 201 Å². The molecular weight excluding hydrogens is 466 g/mol. The summed E-state index contributed by atoms with van der Waals surface area (Å²) in [5, 5.41) is 14.1. The lowest BCUT2D eigenvalue weighted by atomic mass is 9.83. The molecule has 1 aliphatic rings. The molecule has 3 rings (SSSR count). The van der Waals surface area contributed by atoms with Gasteiger partial charge in [-0.3, -0.25) is 14.4 Å². The largest absolute Gasteiger partial charge is 0.408 e. The fourth-order valence-corrected chi connectivity index (χ4v) is 4.30. The van der Waals surface area contributed by atoms with Crippen molar-refractivity contribution in [3.05, 3.63) is 34.9 Å². The molecule has 0 unspecified atom stereocenters. The van der Waals surface area contributed by atoms with E-state index >= 15 is 0 Å². The number of thioether (sulfide) groups is 1. The smallest absolute Gasteiger partial charge is 0.286 e. The number of rotatable bonds is 9. The molecule has 3 atom stereocenters. The van der Waals surface area contributed by atoms with Crippen molar-refractivity contribution in [3.63, 3.8) is 0 Å². The maximum absolute atomic E-state index is 13.2. The SMILES string of the molecule is CSc1nnc(C(=O)[C@H](CC(C)C)NC(=O)[C@@H]2CCCC[C@@H]2NC(=O)c2ccc(Cl)nc2)o1. The lowest BCUT2D eigenvalue weighted by molar-refractivity contribution is -0.127. The van der Waals surface area contributed by atoms with Crippen LogP contribution in [0.5, 0.6) is 0 Å². The Morgan fingerprint density at radius 2 is 1.97 bits per heavy atom. The minimum Gasteiger partial charge on any atom is -0.408 e. The number of carbonyl (C=O) groups excluding carboxylic acids is 3. The van der Waals surface area contributed by atoms with E-state index < -0.39 is 17.7 Å². The summed E-state index contributed by atoms with van der Waals surface area (Å²) in [6.45, 7) is 3.94. The van der Waals surface area contributed by atoms with Crippen molar-refractivity contribution in [2.24, 2.45) is 11.8 Å². The second kappa shape index (κ2) is 11.6. The average Bonchev–Trinajstić information content (AvgIpc) is 3.28. The van der Waals surface area contributed by atoms with Crippen LogP contribution in [0.2, 0.25) is 5.15 Å². The molecule has 0 aromatic carbocycles. The molecule has 0 spiro atoms. The lowest BCUT2D eigenvalue weighted by Gasteiger charge is -2.32. The minimum atomic E-state index is -0.786. The van der Waals surface area contributed by atoms with Crippen molar-refractivity contribution >= 4 is 41.0 Å². The van der Waals surface area contributed by atoms with Gasteiger partial charge in [-0.2, -0.15) is 0 Å². The number of halogens is 1. The summed E-state index contributed by atoms with van der Waals surface area (Å²) in [5.74, 6) is -1.40. The Bertz CT molecular complexity index is 981. The number of carbonyl (C=O) groups is 3. The number of nitrogens with one attached hydrogen (secondary N) is 2. The topological polar surface area (TPSA) is 127 Å². The van der Waals surface area contributed by atoms with Crippen molar-refractivity contribution in [2.45, 2.75) is 63.3 Å². The van der Waals surface area contributed by atoms with E-state index in [0.29, 0.717) is 35.2 Å². The highest BCUT2D eigenvalue weighted by Gasteiger charge is 2.35. The van der Waals surface area contributed by atoms with Crippen LogP contribution in [0, 0.1) is 11.8 Å².